The summed E-state index contributed by atoms with van der Waals surface area (Å²) in [4.78, 5) is 0. The zero-order valence-electron chi connectivity index (χ0n) is 4.61. The Bertz CT molecular complexity index is 160. The second-order valence-corrected chi connectivity index (χ2v) is 1.67. The van der Waals surface area contributed by atoms with Crippen LogP contribution in [0.3, 0.4) is 0 Å². The van der Waals surface area contributed by atoms with Gasteiger partial charge in [-0.15, -0.1) is 0 Å². The first-order chi connectivity index (χ1) is 3.80. The largest absolute Gasteiger partial charge is 0.206 e. The van der Waals surface area contributed by atoms with Crippen LogP contribution in [0, 0.1) is 18.8 Å². The van der Waals surface area contributed by atoms with E-state index in [1.807, 2.05) is 0 Å². The first kappa shape index (κ1) is 5.29. The van der Waals surface area contributed by atoms with E-state index in [1.54, 1.807) is 25.1 Å². The van der Waals surface area contributed by atoms with Crippen LogP contribution in [-0.4, -0.2) is 0 Å². The minimum Gasteiger partial charge on any atom is -0.206 e. The average molecular weight is 109 g/mol. The molecule has 1 aromatic carbocycles. The van der Waals surface area contributed by atoms with Crippen molar-refractivity contribution in [3.8, 4) is 0 Å². The molecular formula is C7H6F. The first-order valence-electron chi connectivity index (χ1n) is 2.43. The van der Waals surface area contributed by atoms with Gasteiger partial charge in [0, 0.05) is 6.07 Å². The van der Waals surface area contributed by atoms with E-state index in [0.717, 1.165) is 0 Å². The normalized spacial score (nSPS) is 9.25. The Morgan fingerprint density at radius 2 is 2.38 bits per heavy atom. The van der Waals surface area contributed by atoms with Crippen LogP contribution in [0.5, 0.6) is 0 Å². The molecule has 0 N–H and O–H groups in total. The number of benzene rings is 1. The molecule has 0 saturated carbocycles. The van der Waals surface area contributed by atoms with Gasteiger partial charge >= 0.3 is 0 Å². The molecule has 1 heteroatoms. The summed E-state index contributed by atoms with van der Waals surface area (Å²) in [7, 11) is 0. The maximum atomic E-state index is 12.3. The third-order valence-corrected chi connectivity index (χ3v) is 0.999. The van der Waals surface area contributed by atoms with Crippen molar-refractivity contribution >= 4 is 0 Å². The van der Waals surface area contributed by atoms with Crippen molar-refractivity contribution in [2.75, 3.05) is 0 Å². The van der Waals surface area contributed by atoms with Crippen molar-refractivity contribution in [1.29, 1.82) is 0 Å². The van der Waals surface area contributed by atoms with E-state index in [4.69, 9.17) is 0 Å². The van der Waals surface area contributed by atoms with Gasteiger partial charge in [-0.3, -0.25) is 0 Å². The fourth-order valence-electron chi connectivity index (χ4n) is 0.501. The number of rotatable bonds is 0. The van der Waals surface area contributed by atoms with Crippen LogP contribution in [0.4, 0.5) is 4.39 Å². The van der Waals surface area contributed by atoms with Gasteiger partial charge in [0.2, 0.25) is 0 Å². The van der Waals surface area contributed by atoms with Crippen LogP contribution >= 0.6 is 0 Å². The fraction of sp³-hybridized carbons (Fsp3) is 0.143. The topological polar surface area (TPSA) is 0 Å². The number of halogens is 1. The van der Waals surface area contributed by atoms with E-state index in [-0.39, 0.29) is 5.82 Å². The van der Waals surface area contributed by atoms with Crippen LogP contribution in [0.1, 0.15) is 5.56 Å². The van der Waals surface area contributed by atoms with Gasteiger partial charge in [0.1, 0.15) is 5.82 Å². The Kier molecular flexibility index (Phi) is 1.29. The Labute approximate surface area is 48.0 Å². The smallest absolute Gasteiger partial charge is 0.134 e. The Balaban J connectivity index is 3.13. The number of hydrogen-bond donors (Lipinski definition) is 0. The van der Waals surface area contributed by atoms with Crippen molar-refractivity contribution in [3.05, 3.63) is 35.6 Å². The number of aryl methyl sites for hydroxylation is 1. The molecule has 1 rings (SSSR count). The minimum atomic E-state index is -0.257. The van der Waals surface area contributed by atoms with Crippen molar-refractivity contribution in [2.45, 2.75) is 6.92 Å². The molecule has 0 heterocycles. The summed E-state index contributed by atoms with van der Waals surface area (Å²) in [6, 6.07) is 7.47. The maximum absolute atomic E-state index is 12.3. The molecule has 0 amide bonds. The Hall–Kier alpha value is -0.850. The zero-order chi connectivity index (χ0) is 5.98. The highest BCUT2D eigenvalue weighted by molar-refractivity contribution is 5.13. The van der Waals surface area contributed by atoms with E-state index in [9.17, 15) is 4.39 Å². The predicted octanol–water partition coefficient (Wildman–Crippen LogP) is 1.93. The predicted molar refractivity (Wildman–Crippen MR) is 30.0 cm³/mol. The van der Waals surface area contributed by atoms with Gasteiger partial charge in [-0.2, -0.15) is 0 Å². The zero-order valence-corrected chi connectivity index (χ0v) is 4.61. The van der Waals surface area contributed by atoms with E-state index in [2.05, 4.69) is 6.07 Å². The van der Waals surface area contributed by atoms with Crippen molar-refractivity contribution in [1.82, 2.24) is 0 Å². The van der Waals surface area contributed by atoms with Gasteiger partial charge in [0.15, 0.2) is 0 Å². The van der Waals surface area contributed by atoms with Gasteiger partial charge in [0.25, 0.3) is 0 Å². The van der Waals surface area contributed by atoms with Crippen LogP contribution in [0.25, 0.3) is 0 Å². The lowest BCUT2D eigenvalue weighted by Gasteiger charge is -1.88. The monoisotopic (exact) mass is 109 g/mol. The maximum Gasteiger partial charge on any atom is 0.134 e. The quantitative estimate of drug-likeness (QED) is 0.477. The average Bonchev–Trinajstić information content (AvgIpc) is 1.77. The lowest BCUT2D eigenvalue weighted by molar-refractivity contribution is 0.616. The molecule has 0 bridgehead atoms. The third-order valence-electron chi connectivity index (χ3n) is 0.999. The summed E-state index contributed by atoms with van der Waals surface area (Å²) in [6.07, 6.45) is 0. The van der Waals surface area contributed by atoms with Crippen molar-refractivity contribution in [3.63, 3.8) is 0 Å². The standard InChI is InChI=1S/C7H6F/c1-6-4-2-3-5-7(6)8/h2-4H,1H3. The Morgan fingerprint density at radius 3 is 2.75 bits per heavy atom. The molecule has 0 aliphatic heterocycles. The van der Waals surface area contributed by atoms with Crippen LogP contribution < -0.4 is 0 Å². The fourth-order valence-corrected chi connectivity index (χ4v) is 0.501. The lowest BCUT2D eigenvalue weighted by Crippen LogP contribution is -1.77. The second kappa shape index (κ2) is 1.95. The molecule has 0 unspecified atom stereocenters. The summed E-state index contributed by atoms with van der Waals surface area (Å²) < 4.78 is 12.3. The molecule has 0 fully saturated rings. The Morgan fingerprint density at radius 1 is 1.62 bits per heavy atom. The molecule has 0 spiro atoms. The summed E-state index contributed by atoms with van der Waals surface area (Å²) in [6.45, 7) is 1.71. The SMILES string of the molecule is Cc1ccc[c]c1F. The molecule has 41 valence electrons. The van der Waals surface area contributed by atoms with E-state index in [0.29, 0.717) is 5.56 Å². The molecule has 8 heavy (non-hydrogen) atoms. The molecule has 0 nitrogen and oxygen atoms in total. The minimum absolute atomic E-state index is 0.257. The lowest BCUT2D eigenvalue weighted by atomic mass is 10.2. The van der Waals surface area contributed by atoms with Crippen molar-refractivity contribution < 1.29 is 4.39 Å². The third kappa shape index (κ3) is 0.861. The van der Waals surface area contributed by atoms with Crippen LogP contribution in [0.2, 0.25) is 0 Å². The molecule has 0 aromatic heterocycles. The van der Waals surface area contributed by atoms with E-state index < -0.39 is 0 Å². The van der Waals surface area contributed by atoms with Crippen LogP contribution in [-0.2, 0) is 0 Å². The van der Waals surface area contributed by atoms with Gasteiger partial charge < -0.3 is 0 Å². The molecule has 1 radical (unpaired) electrons. The molecule has 0 atom stereocenters. The van der Waals surface area contributed by atoms with Gasteiger partial charge in [0.05, 0.1) is 0 Å². The summed E-state index contributed by atoms with van der Waals surface area (Å²) in [5.74, 6) is -0.257. The number of hydrogen-bond acceptors (Lipinski definition) is 0. The van der Waals surface area contributed by atoms with Crippen molar-refractivity contribution in [2.24, 2.45) is 0 Å². The summed E-state index contributed by atoms with van der Waals surface area (Å²) in [5.41, 5.74) is 0.646. The molecule has 0 saturated heterocycles. The van der Waals surface area contributed by atoms with Gasteiger partial charge in [-0.25, -0.2) is 4.39 Å². The van der Waals surface area contributed by atoms with Gasteiger partial charge in [-0.1, -0.05) is 18.2 Å². The molecule has 0 aliphatic rings. The highest BCUT2D eigenvalue weighted by Crippen LogP contribution is 2.01. The molecule has 0 aliphatic carbocycles. The highest BCUT2D eigenvalue weighted by Gasteiger charge is 1.89. The summed E-state index contributed by atoms with van der Waals surface area (Å²) >= 11 is 0. The van der Waals surface area contributed by atoms with Gasteiger partial charge in [-0.05, 0) is 12.5 Å². The molecule has 1 aromatic rings. The van der Waals surface area contributed by atoms with E-state index in [1.165, 1.54) is 0 Å². The first-order valence-corrected chi connectivity index (χ1v) is 2.43. The second-order valence-electron chi connectivity index (χ2n) is 1.67. The molecular weight excluding hydrogens is 103 g/mol. The van der Waals surface area contributed by atoms with E-state index >= 15 is 0 Å². The highest BCUT2D eigenvalue weighted by atomic mass is 19.1. The summed E-state index contributed by atoms with van der Waals surface area (Å²) in [5, 5.41) is 0. The van der Waals surface area contributed by atoms with Crippen LogP contribution in [0.15, 0.2) is 18.2 Å².